The number of hydrogen-bond acceptors (Lipinski definition) is 10. The van der Waals surface area contributed by atoms with Crippen LogP contribution in [0.5, 0.6) is 0 Å². The van der Waals surface area contributed by atoms with Crippen molar-refractivity contribution in [2.24, 2.45) is 0 Å². The Morgan fingerprint density at radius 3 is 1.66 bits per heavy atom. The van der Waals surface area contributed by atoms with Crippen molar-refractivity contribution in [3.63, 3.8) is 0 Å². The Morgan fingerprint density at radius 2 is 1.23 bits per heavy atom. The molecule has 0 N–H and O–H groups in total. The van der Waals surface area contributed by atoms with E-state index in [-0.39, 0.29) is 34.5 Å². The summed E-state index contributed by atoms with van der Waals surface area (Å²) in [5, 5.41) is 0.230. The molecule has 4 heterocycles. The number of aryl methyl sites for hydroxylation is 1. The first-order valence-electron chi connectivity index (χ1n) is 17.9. The monoisotopic (exact) mass is 866 g/mol. The molecule has 4 rings (SSSR count). The largest absolute Gasteiger partial charge is 0.461 e. The molecule has 53 heavy (non-hydrogen) atoms. The van der Waals surface area contributed by atoms with E-state index >= 15 is 0 Å². The molecule has 0 aliphatic carbocycles. The number of alkyl halides is 3. The first kappa shape index (κ1) is 45.4. The van der Waals surface area contributed by atoms with Crippen LogP contribution in [-0.2, 0) is 15.7 Å². The van der Waals surface area contributed by atoms with Gasteiger partial charge in [-0.15, -0.1) is 0 Å². The van der Waals surface area contributed by atoms with Crippen LogP contribution in [0.2, 0.25) is 18.5 Å². The number of nitrogens with zero attached hydrogens (tertiary/aromatic N) is 6. The van der Waals surface area contributed by atoms with Crippen LogP contribution in [0.3, 0.4) is 0 Å². The van der Waals surface area contributed by atoms with E-state index < -0.39 is 42.1 Å². The molecule has 15 heteroatoms. The molecule has 0 aromatic carbocycles. The van der Waals surface area contributed by atoms with Crippen molar-refractivity contribution in [2.75, 3.05) is 13.2 Å². The number of unbranched alkanes of at least 4 members (excludes halogenated alkanes) is 3. The van der Waals surface area contributed by atoms with Crippen LogP contribution < -0.4 is 3.71 Å². The van der Waals surface area contributed by atoms with Crippen molar-refractivity contribution in [1.82, 2.24) is 29.9 Å². The predicted molar refractivity (Wildman–Crippen MR) is 203 cm³/mol. The minimum atomic E-state index is -4.45. The Hall–Kier alpha value is -3.72. The van der Waals surface area contributed by atoms with E-state index in [1.54, 1.807) is 17.6 Å². The molecule has 0 aliphatic heterocycles. The third-order valence-electron chi connectivity index (χ3n) is 8.10. The van der Waals surface area contributed by atoms with Gasteiger partial charge in [0.15, 0.2) is 11.4 Å². The van der Waals surface area contributed by atoms with Gasteiger partial charge in [-0.05, 0) is 32.0 Å². The average molecular weight is 866 g/mol. The number of hydrogen-bond donors (Lipinski definition) is 0. The smallest absolute Gasteiger partial charge is 0.417 e. The zero-order chi connectivity index (χ0) is 39.3. The SMILES string of the molecule is CCC[CH2][Sn]([CH2]CCC)([CH2]CCC)[c]1ccc(C)cn1.CCOC(=O)c1cc(-c2ccc(C(F)(F)F)cn2)ncn1.CCOC(=O)c1cc(Cl)ncn1. The number of aromatic nitrogens is 6. The topological polar surface area (TPSA) is 130 Å². The summed E-state index contributed by atoms with van der Waals surface area (Å²) >= 11 is 3.29. The van der Waals surface area contributed by atoms with E-state index in [1.165, 1.54) is 81.9 Å². The van der Waals surface area contributed by atoms with Crippen LogP contribution in [0.1, 0.15) is 105 Å². The van der Waals surface area contributed by atoms with Gasteiger partial charge in [-0.1, -0.05) is 11.6 Å². The molecule has 0 unspecified atom stereocenters. The maximum absolute atomic E-state index is 12.4. The molecule has 0 radical (unpaired) electrons. The predicted octanol–water partition coefficient (Wildman–Crippen LogP) is 9.49. The van der Waals surface area contributed by atoms with Gasteiger partial charge in [-0.25, -0.2) is 29.5 Å². The average Bonchev–Trinajstić information content (AvgIpc) is 3.15. The van der Waals surface area contributed by atoms with E-state index in [2.05, 4.69) is 70.9 Å². The minimum absolute atomic E-state index is 0.0172. The molecule has 0 atom stereocenters. The van der Waals surface area contributed by atoms with E-state index in [9.17, 15) is 22.8 Å². The van der Waals surface area contributed by atoms with Crippen LogP contribution >= 0.6 is 11.6 Å². The summed E-state index contributed by atoms with van der Waals surface area (Å²) in [4.78, 5) is 46.1. The van der Waals surface area contributed by atoms with Crippen molar-refractivity contribution in [3.8, 4) is 11.4 Å². The summed E-state index contributed by atoms with van der Waals surface area (Å²) in [5.74, 6) is -1.12. The molecule has 0 bridgehead atoms. The van der Waals surface area contributed by atoms with Crippen LogP contribution in [0, 0.1) is 6.92 Å². The first-order valence-corrected chi connectivity index (χ1v) is 25.8. The fraction of sp³-hybridized carbons (Fsp3) is 0.474. The second-order valence-electron chi connectivity index (χ2n) is 12.2. The van der Waals surface area contributed by atoms with Gasteiger partial charge in [-0.3, -0.25) is 4.98 Å². The third kappa shape index (κ3) is 15.7. The number of carbonyl (C=O) groups excluding carboxylic acids is 2. The van der Waals surface area contributed by atoms with Crippen LogP contribution in [-0.4, -0.2) is 73.4 Å². The van der Waals surface area contributed by atoms with Gasteiger partial charge < -0.3 is 9.47 Å². The molecule has 288 valence electrons. The Morgan fingerprint density at radius 1 is 0.679 bits per heavy atom. The number of carbonyl (C=O) groups is 2. The molecule has 10 nitrogen and oxygen atoms in total. The number of pyridine rings is 2. The van der Waals surface area contributed by atoms with Crippen molar-refractivity contribution < 1.29 is 32.2 Å². The standard InChI is InChI=1S/C13H10F3N3O2.C7H7ClN2O2.C6H6N.3C4H9.Sn/c1-2-21-12(20)11-5-10(18-7-19-11)9-4-3-8(6-17-9)13(14,15)16;1-2-12-7(11)5-3-6(8)10-4-9-5;1-6-3-2-4-7-5-6;3*1-3-4-2;/h3-7H,2H2,1H3;3-4H,2H2,1H3;2-3,5H,1H3;3*1,3-4H2,2H3;. The molecule has 0 amide bonds. The molecular formula is C38H50ClF3N6O4Sn. The summed E-state index contributed by atoms with van der Waals surface area (Å²) in [5.41, 5.74) is 1.08. The number of esters is 2. The molecule has 0 saturated heterocycles. The fourth-order valence-corrected chi connectivity index (χ4v) is 20.8. The van der Waals surface area contributed by atoms with Crippen molar-refractivity contribution in [2.45, 2.75) is 99.6 Å². The Kier molecular flexibility index (Phi) is 20.4. The quantitative estimate of drug-likeness (QED) is 0.0647. The summed E-state index contributed by atoms with van der Waals surface area (Å²) < 4.78 is 52.9. The van der Waals surface area contributed by atoms with Gasteiger partial charge in [0.05, 0.1) is 30.2 Å². The number of halogens is 4. The van der Waals surface area contributed by atoms with Crippen LogP contribution in [0.4, 0.5) is 13.2 Å². The zero-order valence-electron chi connectivity index (χ0n) is 31.4. The summed E-state index contributed by atoms with van der Waals surface area (Å²) in [6, 6.07) is 9.42. The van der Waals surface area contributed by atoms with Gasteiger partial charge in [0.1, 0.15) is 17.8 Å². The molecule has 4 aromatic heterocycles. The summed E-state index contributed by atoms with van der Waals surface area (Å²) in [6.45, 7) is 13.0. The first-order chi connectivity index (χ1) is 25.3. The second-order valence-corrected chi connectivity index (χ2v) is 25.6. The Balaban J connectivity index is 0.000000286. The Labute approximate surface area is 319 Å². The maximum Gasteiger partial charge on any atom is 0.417 e. The normalized spacial score (nSPS) is 11.1. The maximum atomic E-state index is 12.4. The van der Waals surface area contributed by atoms with E-state index in [1.807, 2.05) is 0 Å². The van der Waals surface area contributed by atoms with Gasteiger partial charge >= 0.3 is 149 Å². The van der Waals surface area contributed by atoms with Gasteiger partial charge in [0, 0.05) is 12.3 Å². The molecule has 0 saturated carbocycles. The van der Waals surface area contributed by atoms with E-state index in [4.69, 9.17) is 26.1 Å². The molecule has 0 aliphatic rings. The fourth-order valence-electron chi connectivity index (χ4n) is 5.26. The number of ether oxygens (including phenoxy) is 2. The van der Waals surface area contributed by atoms with Gasteiger partial charge in [0.25, 0.3) is 0 Å². The third-order valence-corrected chi connectivity index (χ3v) is 23.5. The second kappa shape index (κ2) is 23.8. The van der Waals surface area contributed by atoms with Gasteiger partial charge in [0.2, 0.25) is 0 Å². The van der Waals surface area contributed by atoms with Crippen molar-refractivity contribution in [3.05, 3.63) is 89.1 Å². The zero-order valence-corrected chi connectivity index (χ0v) is 35.0. The Bertz CT molecular complexity index is 1660. The van der Waals surface area contributed by atoms with Crippen LogP contribution in [0.15, 0.2) is 61.4 Å². The van der Waals surface area contributed by atoms with E-state index in [0.717, 1.165) is 12.4 Å². The molecule has 0 fully saturated rings. The van der Waals surface area contributed by atoms with Crippen LogP contribution in [0.25, 0.3) is 11.4 Å². The number of rotatable bonds is 15. The summed E-state index contributed by atoms with van der Waals surface area (Å²) in [6.07, 6.45) is 8.96. The van der Waals surface area contributed by atoms with Crippen molar-refractivity contribution in [1.29, 1.82) is 0 Å². The minimum Gasteiger partial charge on any atom is -0.461 e. The molecule has 4 aromatic rings. The summed E-state index contributed by atoms with van der Waals surface area (Å²) in [7, 11) is 0. The van der Waals surface area contributed by atoms with Crippen molar-refractivity contribution >= 4 is 45.6 Å². The van der Waals surface area contributed by atoms with Gasteiger partial charge in [-0.2, -0.15) is 13.2 Å². The molecule has 0 spiro atoms. The van der Waals surface area contributed by atoms with E-state index in [0.29, 0.717) is 12.8 Å². The molecular weight excluding hydrogens is 816 g/mol.